The van der Waals surface area contributed by atoms with Gasteiger partial charge in [-0.2, -0.15) is 0 Å². The summed E-state index contributed by atoms with van der Waals surface area (Å²) in [5, 5.41) is 3.54. The highest BCUT2D eigenvalue weighted by Gasteiger charge is 2.21. The standard InChI is InChI=1S/C15H26N4O/c1-11(2)19(9-13-6-5-7-16-13)14-8-15(18-10-17-14)20-12(3)4/h8,10-13,16H,5-7,9H2,1-4H3. The predicted octanol–water partition coefficient (Wildman–Crippen LogP) is 2.23. The second-order valence-corrected chi connectivity index (χ2v) is 5.92. The van der Waals surface area contributed by atoms with Crippen molar-refractivity contribution in [3.8, 4) is 5.88 Å². The van der Waals surface area contributed by atoms with Crippen LogP contribution in [0.25, 0.3) is 0 Å². The fourth-order valence-corrected chi connectivity index (χ4v) is 2.51. The number of nitrogens with zero attached hydrogens (tertiary/aromatic N) is 3. The normalized spacial score (nSPS) is 18.8. The quantitative estimate of drug-likeness (QED) is 0.865. The van der Waals surface area contributed by atoms with Crippen LogP contribution in [0.5, 0.6) is 5.88 Å². The third-order valence-corrected chi connectivity index (χ3v) is 3.48. The van der Waals surface area contributed by atoms with E-state index in [1.54, 1.807) is 6.33 Å². The minimum Gasteiger partial charge on any atom is -0.475 e. The molecule has 0 spiro atoms. The van der Waals surface area contributed by atoms with Crippen molar-refractivity contribution in [2.45, 2.75) is 58.7 Å². The van der Waals surface area contributed by atoms with E-state index in [-0.39, 0.29) is 6.10 Å². The van der Waals surface area contributed by atoms with Gasteiger partial charge < -0.3 is 15.0 Å². The van der Waals surface area contributed by atoms with Crippen molar-refractivity contribution in [3.05, 3.63) is 12.4 Å². The summed E-state index contributed by atoms with van der Waals surface area (Å²) in [4.78, 5) is 10.9. The van der Waals surface area contributed by atoms with E-state index in [0.29, 0.717) is 18.0 Å². The van der Waals surface area contributed by atoms with E-state index >= 15 is 0 Å². The Morgan fingerprint density at radius 1 is 1.35 bits per heavy atom. The van der Waals surface area contributed by atoms with Crippen LogP contribution < -0.4 is 15.0 Å². The van der Waals surface area contributed by atoms with Crippen LogP contribution in [0.3, 0.4) is 0 Å². The Hall–Kier alpha value is -1.36. The molecular formula is C15H26N4O. The Balaban J connectivity index is 2.11. The maximum absolute atomic E-state index is 5.66. The van der Waals surface area contributed by atoms with Crippen LogP contribution in [0.1, 0.15) is 40.5 Å². The molecule has 2 heterocycles. The topological polar surface area (TPSA) is 50.3 Å². The van der Waals surface area contributed by atoms with Gasteiger partial charge in [-0.05, 0) is 47.1 Å². The molecule has 5 heteroatoms. The average molecular weight is 278 g/mol. The van der Waals surface area contributed by atoms with Crippen LogP contribution in [-0.2, 0) is 0 Å². The van der Waals surface area contributed by atoms with Crippen LogP contribution in [-0.4, -0.2) is 41.2 Å². The minimum absolute atomic E-state index is 0.127. The molecule has 0 aliphatic carbocycles. The van der Waals surface area contributed by atoms with Gasteiger partial charge in [0.25, 0.3) is 0 Å². The maximum atomic E-state index is 5.66. The lowest BCUT2D eigenvalue weighted by atomic mass is 10.2. The molecule has 1 aliphatic heterocycles. The largest absolute Gasteiger partial charge is 0.475 e. The number of hydrogen-bond donors (Lipinski definition) is 1. The highest BCUT2D eigenvalue weighted by molar-refractivity contribution is 5.42. The summed E-state index contributed by atoms with van der Waals surface area (Å²) in [5.41, 5.74) is 0. The minimum atomic E-state index is 0.127. The van der Waals surface area contributed by atoms with Gasteiger partial charge in [-0.3, -0.25) is 0 Å². The molecule has 1 N–H and O–H groups in total. The zero-order chi connectivity index (χ0) is 14.5. The fourth-order valence-electron chi connectivity index (χ4n) is 2.51. The van der Waals surface area contributed by atoms with Gasteiger partial charge in [-0.25, -0.2) is 9.97 Å². The molecule has 2 rings (SSSR count). The second-order valence-electron chi connectivity index (χ2n) is 5.92. The molecule has 0 aromatic carbocycles. The molecule has 0 bridgehead atoms. The molecule has 1 aromatic rings. The first kappa shape index (κ1) is 15.0. The van der Waals surface area contributed by atoms with E-state index in [1.807, 2.05) is 19.9 Å². The number of anilines is 1. The summed E-state index contributed by atoms with van der Waals surface area (Å²) in [6.45, 7) is 10.5. The summed E-state index contributed by atoms with van der Waals surface area (Å²) < 4.78 is 5.66. The van der Waals surface area contributed by atoms with Crippen molar-refractivity contribution in [3.63, 3.8) is 0 Å². The Kier molecular flexibility index (Phi) is 5.17. The van der Waals surface area contributed by atoms with Gasteiger partial charge in [0.15, 0.2) is 0 Å². The fraction of sp³-hybridized carbons (Fsp3) is 0.733. The Morgan fingerprint density at radius 2 is 2.15 bits per heavy atom. The number of rotatable bonds is 6. The van der Waals surface area contributed by atoms with Crippen molar-refractivity contribution < 1.29 is 4.74 Å². The molecule has 112 valence electrons. The van der Waals surface area contributed by atoms with Crippen molar-refractivity contribution in [1.29, 1.82) is 0 Å². The lowest BCUT2D eigenvalue weighted by Crippen LogP contribution is -2.41. The van der Waals surface area contributed by atoms with Crippen molar-refractivity contribution in [1.82, 2.24) is 15.3 Å². The molecule has 1 aromatic heterocycles. The van der Waals surface area contributed by atoms with Gasteiger partial charge in [-0.1, -0.05) is 0 Å². The molecule has 1 aliphatic rings. The molecule has 1 saturated heterocycles. The molecule has 5 nitrogen and oxygen atoms in total. The zero-order valence-electron chi connectivity index (χ0n) is 13.0. The van der Waals surface area contributed by atoms with Gasteiger partial charge in [0, 0.05) is 24.7 Å². The maximum Gasteiger partial charge on any atom is 0.218 e. The van der Waals surface area contributed by atoms with Crippen molar-refractivity contribution in [2.24, 2.45) is 0 Å². The van der Waals surface area contributed by atoms with Crippen LogP contribution in [0.4, 0.5) is 5.82 Å². The Labute approximate surface area is 121 Å². The molecule has 1 fully saturated rings. The van der Waals surface area contributed by atoms with E-state index in [9.17, 15) is 0 Å². The monoisotopic (exact) mass is 278 g/mol. The molecule has 0 radical (unpaired) electrons. The smallest absolute Gasteiger partial charge is 0.218 e. The Bertz CT molecular complexity index is 416. The van der Waals surface area contributed by atoms with Crippen LogP contribution in [0.2, 0.25) is 0 Å². The Morgan fingerprint density at radius 3 is 2.75 bits per heavy atom. The van der Waals surface area contributed by atoms with Crippen LogP contribution in [0.15, 0.2) is 12.4 Å². The van der Waals surface area contributed by atoms with E-state index < -0.39 is 0 Å². The summed E-state index contributed by atoms with van der Waals surface area (Å²) in [6, 6.07) is 2.90. The van der Waals surface area contributed by atoms with Crippen molar-refractivity contribution >= 4 is 5.82 Å². The predicted molar refractivity (Wildman–Crippen MR) is 81.3 cm³/mol. The number of nitrogens with one attached hydrogen (secondary N) is 1. The van der Waals surface area contributed by atoms with Gasteiger partial charge in [0.2, 0.25) is 5.88 Å². The van der Waals surface area contributed by atoms with E-state index in [1.165, 1.54) is 12.8 Å². The highest BCUT2D eigenvalue weighted by atomic mass is 16.5. The molecule has 1 unspecified atom stereocenters. The average Bonchev–Trinajstić information content (AvgIpc) is 2.88. The highest BCUT2D eigenvalue weighted by Crippen LogP contribution is 2.20. The third kappa shape index (κ3) is 4.07. The summed E-state index contributed by atoms with van der Waals surface area (Å²) >= 11 is 0. The molecule has 0 amide bonds. The SMILES string of the molecule is CC(C)Oc1cc(N(CC2CCCN2)C(C)C)ncn1. The lowest BCUT2D eigenvalue weighted by molar-refractivity contribution is 0.232. The summed E-state index contributed by atoms with van der Waals surface area (Å²) in [5.74, 6) is 1.59. The van der Waals surface area contributed by atoms with Crippen LogP contribution in [0, 0.1) is 0 Å². The van der Waals surface area contributed by atoms with E-state index in [2.05, 4.69) is 34.0 Å². The van der Waals surface area contributed by atoms with E-state index in [4.69, 9.17) is 4.74 Å². The summed E-state index contributed by atoms with van der Waals surface area (Å²) in [7, 11) is 0. The summed E-state index contributed by atoms with van der Waals surface area (Å²) in [6.07, 6.45) is 4.22. The number of hydrogen-bond acceptors (Lipinski definition) is 5. The first-order valence-electron chi connectivity index (χ1n) is 7.55. The lowest BCUT2D eigenvalue weighted by Gasteiger charge is -2.30. The molecule has 1 atom stereocenters. The molecule has 20 heavy (non-hydrogen) atoms. The number of aromatic nitrogens is 2. The zero-order valence-corrected chi connectivity index (χ0v) is 13.0. The van der Waals surface area contributed by atoms with Gasteiger partial charge in [0.05, 0.1) is 6.10 Å². The van der Waals surface area contributed by atoms with E-state index in [0.717, 1.165) is 18.9 Å². The first-order chi connectivity index (χ1) is 9.56. The first-order valence-corrected chi connectivity index (χ1v) is 7.55. The van der Waals surface area contributed by atoms with Crippen LogP contribution >= 0.6 is 0 Å². The molecular weight excluding hydrogens is 252 g/mol. The van der Waals surface area contributed by atoms with Gasteiger partial charge in [0.1, 0.15) is 12.1 Å². The third-order valence-electron chi connectivity index (χ3n) is 3.48. The van der Waals surface area contributed by atoms with Crippen molar-refractivity contribution in [2.75, 3.05) is 18.0 Å². The van der Waals surface area contributed by atoms with Gasteiger partial charge >= 0.3 is 0 Å². The second kappa shape index (κ2) is 6.88. The number of ether oxygens (including phenoxy) is 1. The molecule has 0 saturated carbocycles. The van der Waals surface area contributed by atoms with Gasteiger partial charge in [-0.15, -0.1) is 0 Å².